The molecule has 0 unspecified atom stereocenters. The number of hydrogen-bond donors (Lipinski definition) is 1. The number of carboxylic acids is 1. The number of nitrogens with zero attached hydrogens (tertiary/aromatic N) is 1. The summed E-state index contributed by atoms with van der Waals surface area (Å²) in [6.45, 7) is 6.77. The van der Waals surface area contributed by atoms with Crippen molar-refractivity contribution in [1.82, 2.24) is 4.90 Å². The predicted molar refractivity (Wildman–Crippen MR) is 85.0 cm³/mol. The van der Waals surface area contributed by atoms with Crippen LogP contribution in [0.2, 0.25) is 0 Å². The van der Waals surface area contributed by atoms with Crippen LogP contribution in [0, 0.1) is 5.92 Å². The normalized spacial score (nSPS) is 10.5. The second kappa shape index (κ2) is 9.07. The first-order chi connectivity index (χ1) is 10.4. The van der Waals surface area contributed by atoms with Crippen LogP contribution in [0.5, 0.6) is 5.75 Å². The van der Waals surface area contributed by atoms with Crippen LogP contribution in [-0.2, 0) is 16.0 Å². The number of carbonyl (C=O) groups is 2. The lowest BCUT2D eigenvalue weighted by molar-refractivity contribution is -0.144. The van der Waals surface area contributed by atoms with Gasteiger partial charge in [-0.3, -0.25) is 9.59 Å². The molecule has 0 saturated heterocycles. The molecule has 0 spiro atoms. The molecule has 0 bridgehead atoms. The van der Waals surface area contributed by atoms with Crippen molar-refractivity contribution in [2.24, 2.45) is 5.92 Å². The van der Waals surface area contributed by atoms with Gasteiger partial charge >= 0.3 is 5.97 Å². The van der Waals surface area contributed by atoms with Crippen molar-refractivity contribution in [2.75, 3.05) is 19.7 Å². The van der Waals surface area contributed by atoms with Gasteiger partial charge in [0.1, 0.15) is 12.3 Å². The van der Waals surface area contributed by atoms with E-state index in [2.05, 4.69) is 0 Å². The molecule has 0 saturated carbocycles. The topological polar surface area (TPSA) is 66.8 Å². The number of carboxylic acid groups (broad SMARTS) is 1. The fourth-order valence-corrected chi connectivity index (χ4v) is 2.11. The molecule has 5 nitrogen and oxygen atoms in total. The molecule has 0 aromatic heterocycles. The molecule has 5 heteroatoms. The van der Waals surface area contributed by atoms with Crippen LogP contribution in [0.15, 0.2) is 24.3 Å². The largest absolute Gasteiger partial charge is 0.494 e. The number of amides is 1. The smallest absolute Gasteiger partial charge is 0.323 e. The molecular formula is C17H25NO4. The molecule has 0 aliphatic carbocycles. The van der Waals surface area contributed by atoms with E-state index >= 15 is 0 Å². The lowest BCUT2D eigenvalue weighted by Crippen LogP contribution is -2.39. The number of ether oxygens (including phenoxy) is 1. The fraction of sp³-hybridized carbons (Fsp3) is 0.529. The van der Waals surface area contributed by atoms with Gasteiger partial charge in [0.15, 0.2) is 0 Å². The molecule has 1 rings (SSSR count). The molecular weight excluding hydrogens is 282 g/mol. The first-order valence-electron chi connectivity index (χ1n) is 7.63. The Morgan fingerprint density at radius 1 is 1.32 bits per heavy atom. The van der Waals surface area contributed by atoms with Gasteiger partial charge in [-0.25, -0.2) is 0 Å². The quantitative estimate of drug-likeness (QED) is 0.761. The highest BCUT2D eigenvalue weighted by atomic mass is 16.5. The van der Waals surface area contributed by atoms with E-state index in [0.29, 0.717) is 13.2 Å². The van der Waals surface area contributed by atoms with E-state index in [-0.39, 0.29) is 24.8 Å². The van der Waals surface area contributed by atoms with Gasteiger partial charge in [0.2, 0.25) is 5.91 Å². The van der Waals surface area contributed by atoms with Gasteiger partial charge in [-0.2, -0.15) is 0 Å². The second-order valence-electron chi connectivity index (χ2n) is 5.73. The van der Waals surface area contributed by atoms with E-state index in [9.17, 15) is 9.59 Å². The van der Waals surface area contributed by atoms with E-state index in [1.54, 1.807) is 0 Å². The molecule has 1 aromatic rings. The number of aliphatic carboxylic acids is 1. The molecule has 0 aliphatic rings. The highest BCUT2D eigenvalue weighted by molar-refractivity contribution is 5.83. The standard InChI is InChI=1S/C17H25NO4/c1-4-8-22-15-7-5-6-14(9-15)10-16(19)18(11-13(2)3)12-17(20)21/h5-7,9,13H,4,8,10-12H2,1-3H3,(H,20,21). The van der Waals surface area contributed by atoms with Gasteiger partial charge in [-0.1, -0.05) is 32.9 Å². The number of benzene rings is 1. The Kier molecular flexibility index (Phi) is 7.43. The van der Waals surface area contributed by atoms with Crippen molar-refractivity contribution in [1.29, 1.82) is 0 Å². The summed E-state index contributed by atoms with van der Waals surface area (Å²) in [6.07, 6.45) is 1.10. The van der Waals surface area contributed by atoms with Crippen LogP contribution < -0.4 is 4.74 Å². The molecule has 1 amide bonds. The minimum absolute atomic E-state index is 0.177. The Hall–Kier alpha value is -2.04. The minimum Gasteiger partial charge on any atom is -0.494 e. The van der Waals surface area contributed by atoms with E-state index < -0.39 is 5.97 Å². The van der Waals surface area contributed by atoms with Crippen molar-refractivity contribution in [2.45, 2.75) is 33.6 Å². The Bertz CT molecular complexity index is 499. The van der Waals surface area contributed by atoms with Crippen LogP contribution >= 0.6 is 0 Å². The zero-order valence-corrected chi connectivity index (χ0v) is 13.5. The van der Waals surface area contributed by atoms with Gasteiger partial charge in [-0.15, -0.1) is 0 Å². The summed E-state index contributed by atoms with van der Waals surface area (Å²) < 4.78 is 5.55. The molecule has 22 heavy (non-hydrogen) atoms. The van der Waals surface area contributed by atoms with Crippen LogP contribution in [0.4, 0.5) is 0 Å². The maximum absolute atomic E-state index is 12.3. The summed E-state index contributed by atoms with van der Waals surface area (Å²) in [5.74, 6) is -0.207. The molecule has 0 atom stereocenters. The summed E-state index contributed by atoms with van der Waals surface area (Å²) in [7, 11) is 0. The Morgan fingerprint density at radius 3 is 2.64 bits per heavy atom. The highest BCUT2D eigenvalue weighted by Gasteiger charge is 2.18. The third kappa shape index (κ3) is 6.61. The monoisotopic (exact) mass is 307 g/mol. The zero-order chi connectivity index (χ0) is 16.5. The predicted octanol–water partition coefficient (Wildman–Crippen LogP) is 2.59. The maximum atomic E-state index is 12.3. The van der Waals surface area contributed by atoms with E-state index in [4.69, 9.17) is 9.84 Å². The van der Waals surface area contributed by atoms with Crippen LogP contribution in [0.3, 0.4) is 0 Å². The highest BCUT2D eigenvalue weighted by Crippen LogP contribution is 2.15. The van der Waals surface area contributed by atoms with Crippen molar-refractivity contribution < 1.29 is 19.4 Å². The van der Waals surface area contributed by atoms with E-state index in [1.165, 1.54) is 4.90 Å². The summed E-state index contributed by atoms with van der Waals surface area (Å²) in [5, 5.41) is 8.94. The second-order valence-corrected chi connectivity index (χ2v) is 5.73. The molecule has 1 N–H and O–H groups in total. The molecule has 0 heterocycles. The third-order valence-electron chi connectivity index (χ3n) is 2.99. The number of carbonyl (C=O) groups excluding carboxylic acids is 1. The molecule has 1 aromatic carbocycles. The lowest BCUT2D eigenvalue weighted by Gasteiger charge is -2.23. The van der Waals surface area contributed by atoms with Gasteiger partial charge in [0.25, 0.3) is 0 Å². The molecule has 122 valence electrons. The average Bonchev–Trinajstić information content (AvgIpc) is 2.43. The summed E-state index contributed by atoms with van der Waals surface area (Å²) >= 11 is 0. The van der Waals surface area contributed by atoms with Crippen molar-refractivity contribution in [3.8, 4) is 5.75 Å². The SMILES string of the molecule is CCCOc1cccc(CC(=O)N(CC(=O)O)CC(C)C)c1. The molecule has 0 fully saturated rings. The lowest BCUT2D eigenvalue weighted by atomic mass is 10.1. The fourth-order valence-electron chi connectivity index (χ4n) is 2.11. The maximum Gasteiger partial charge on any atom is 0.323 e. The van der Waals surface area contributed by atoms with Crippen molar-refractivity contribution in [3.05, 3.63) is 29.8 Å². The average molecular weight is 307 g/mol. The van der Waals surface area contributed by atoms with Crippen molar-refractivity contribution >= 4 is 11.9 Å². The summed E-state index contributed by atoms with van der Waals surface area (Å²) in [5.41, 5.74) is 0.831. The minimum atomic E-state index is -0.992. The Morgan fingerprint density at radius 2 is 2.05 bits per heavy atom. The van der Waals surface area contributed by atoms with E-state index in [1.807, 2.05) is 45.0 Å². The van der Waals surface area contributed by atoms with Gasteiger partial charge in [0.05, 0.1) is 13.0 Å². The Labute approximate surface area is 131 Å². The first-order valence-corrected chi connectivity index (χ1v) is 7.63. The zero-order valence-electron chi connectivity index (χ0n) is 13.5. The third-order valence-corrected chi connectivity index (χ3v) is 2.99. The van der Waals surface area contributed by atoms with E-state index in [0.717, 1.165) is 17.7 Å². The van der Waals surface area contributed by atoms with Crippen molar-refractivity contribution in [3.63, 3.8) is 0 Å². The molecule has 0 radical (unpaired) electrons. The first kappa shape index (κ1) is 18.0. The van der Waals surface area contributed by atoms with Gasteiger partial charge in [0, 0.05) is 6.54 Å². The van der Waals surface area contributed by atoms with Crippen LogP contribution in [-0.4, -0.2) is 41.6 Å². The van der Waals surface area contributed by atoms with Crippen LogP contribution in [0.25, 0.3) is 0 Å². The van der Waals surface area contributed by atoms with Gasteiger partial charge < -0.3 is 14.7 Å². The molecule has 0 aliphatic heterocycles. The van der Waals surface area contributed by atoms with Crippen LogP contribution in [0.1, 0.15) is 32.8 Å². The van der Waals surface area contributed by atoms with Gasteiger partial charge in [-0.05, 0) is 30.0 Å². The number of rotatable bonds is 9. The number of hydrogen-bond acceptors (Lipinski definition) is 3. The Balaban J connectivity index is 2.73. The summed E-state index contributed by atoms with van der Waals surface area (Å²) in [4.78, 5) is 24.6. The summed E-state index contributed by atoms with van der Waals surface area (Å²) in [6, 6.07) is 7.39.